The van der Waals surface area contributed by atoms with Gasteiger partial charge in [0.15, 0.2) is 11.6 Å². The number of halogens is 2. The molecule has 2 aromatic rings. The first kappa shape index (κ1) is 15.6. The fraction of sp³-hybridized carbons (Fsp3) is 0.333. The zero-order chi connectivity index (χ0) is 15.4. The number of hydrogen-bond donors (Lipinski definition) is 1. The number of aliphatic hydroxyl groups excluding tert-OH is 1. The third-order valence-electron chi connectivity index (χ3n) is 3.39. The first-order chi connectivity index (χ1) is 9.95. The molecule has 2 aromatic carbocycles. The van der Waals surface area contributed by atoms with Crippen LogP contribution in [0.15, 0.2) is 42.5 Å². The Labute approximate surface area is 124 Å². The van der Waals surface area contributed by atoms with Crippen LogP contribution < -0.4 is 0 Å². The highest BCUT2D eigenvalue weighted by atomic mass is 19.2. The van der Waals surface area contributed by atoms with Crippen LogP contribution in [-0.4, -0.2) is 5.11 Å². The van der Waals surface area contributed by atoms with E-state index in [-0.39, 0.29) is 6.42 Å². The minimum atomic E-state index is -0.881. The van der Waals surface area contributed by atoms with Gasteiger partial charge in [0.1, 0.15) is 0 Å². The second kappa shape index (κ2) is 6.81. The molecule has 1 atom stereocenters. The quantitative estimate of drug-likeness (QED) is 0.863. The van der Waals surface area contributed by atoms with Crippen molar-refractivity contribution in [3.8, 4) is 0 Å². The van der Waals surface area contributed by atoms with Gasteiger partial charge in [-0.15, -0.1) is 0 Å². The van der Waals surface area contributed by atoms with Crippen LogP contribution in [0.5, 0.6) is 0 Å². The van der Waals surface area contributed by atoms with Crippen LogP contribution in [-0.2, 0) is 12.8 Å². The first-order valence-electron chi connectivity index (χ1n) is 7.16. The second-order valence-corrected chi connectivity index (χ2v) is 5.81. The SMILES string of the molecule is CC(C)Cc1cccc(C(O)Cc2ccc(F)c(F)c2)c1. The van der Waals surface area contributed by atoms with Crippen molar-refractivity contribution < 1.29 is 13.9 Å². The van der Waals surface area contributed by atoms with Crippen LogP contribution >= 0.6 is 0 Å². The summed E-state index contributed by atoms with van der Waals surface area (Å²) in [5, 5.41) is 10.3. The van der Waals surface area contributed by atoms with Gasteiger partial charge in [0, 0.05) is 6.42 Å². The Kier molecular flexibility index (Phi) is 5.07. The van der Waals surface area contributed by atoms with Crippen LogP contribution in [0.2, 0.25) is 0 Å². The normalized spacial score (nSPS) is 12.7. The summed E-state index contributed by atoms with van der Waals surface area (Å²) in [4.78, 5) is 0. The van der Waals surface area contributed by atoms with Crippen LogP contribution in [0.3, 0.4) is 0 Å². The average molecular weight is 290 g/mol. The van der Waals surface area contributed by atoms with E-state index in [0.29, 0.717) is 11.5 Å². The summed E-state index contributed by atoms with van der Waals surface area (Å²) in [6, 6.07) is 11.5. The molecule has 0 saturated heterocycles. The van der Waals surface area contributed by atoms with E-state index in [4.69, 9.17) is 0 Å². The van der Waals surface area contributed by atoms with Crippen molar-refractivity contribution in [2.24, 2.45) is 5.92 Å². The Hall–Kier alpha value is -1.74. The lowest BCUT2D eigenvalue weighted by Crippen LogP contribution is -2.04. The van der Waals surface area contributed by atoms with E-state index in [1.807, 2.05) is 24.3 Å². The Morgan fingerprint density at radius 3 is 2.29 bits per heavy atom. The molecule has 1 unspecified atom stereocenters. The smallest absolute Gasteiger partial charge is 0.159 e. The molecular weight excluding hydrogens is 270 g/mol. The summed E-state index contributed by atoms with van der Waals surface area (Å²) in [7, 11) is 0. The molecule has 0 heterocycles. The van der Waals surface area contributed by atoms with Crippen molar-refractivity contribution >= 4 is 0 Å². The van der Waals surface area contributed by atoms with Crippen molar-refractivity contribution in [1.29, 1.82) is 0 Å². The highest BCUT2D eigenvalue weighted by Gasteiger charge is 2.11. The standard InChI is InChI=1S/C18H20F2O/c1-12(2)8-13-4-3-5-15(9-13)18(21)11-14-6-7-16(19)17(20)10-14/h3-7,9-10,12,18,21H,8,11H2,1-2H3. The maximum atomic E-state index is 13.2. The summed E-state index contributed by atoms with van der Waals surface area (Å²) in [5.41, 5.74) is 2.56. The highest BCUT2D eigenvalue weighted by molar-refractivity contribution is 5.27. The van der Waals surface area contributed by atoms with E-state index in [1.165, 1.54) is 11.6 Å². The minimum Gasteiger partial charge on any atom is -0.388 e. The maximum Gasteiger partial charge on any atom is 0.159 e. The van der Waals surface area contributed by atoms with Gasteiger partial charge in [-0.05, 0) is 41.2 Å². The Balaban J connectivity index is 2.12. The molecule has 2 rings (SSSR count). The van der Waals surface area contributed by atoms with Crippen molar-refractivity contribution in [2.75, 3.05) is 0 Å². The topological polar surface area (TPSA) is 20.2 Å². The van der Waals surface area contributed by atoms with Crippen LogP contribution in [0.25, 0.3) is 0 Å². The van der Waals surface area contributed by atoms with Gasteiger partial charge in [0.25, 0.3) is 0 Å². The maximum absolute atomic E-state index is 13.2. The fourth-order valence-corrected chi connectivity index (χ4v) is 2.41. The number of aliphatic hydroxyl groups is 1. The molecule has 21 heavy (non-hydrogen) atoms. The zero-order valence-corrected chi connectivity index (χ0v) is 12.3. The summed E-state index contributed by atoms with van der Waals surface area (Å²) >= 11 is 0. The lowest BCUT2D eigenvalue weighted by molar-refractivity contribution is 0.178. The molecule has 0 aliphatic rings. The molecule has 1 N–H and O–H groups in total. The number of hydrogen-bond acceptors (Lipinski definition) is 1. The lowest BCUT2D eigenvalue weighted by atomic mass is 9.96. The predicted molar refractivity (Wildman–Crippen MR) is 80.0 cm³/mol. The van der Waals surface area contributed by atoms with Gasteiger partial charge in [-0.1, -0.05) is 44.2 Å². The molecule has 1 nitrogen and oxygen atoms in total. The van der Waals surface area contributed by atoms with Gasteiger partial charge in [-0.2, -0.15) is 0 Å². The monoisotopic (exact) mass is 290 g/mol. The summed E-state index contributed by atoms with van der Waals surface area (Å²) in [6.45, 7) is 4.29. The van der Waals surface area contributed by atoms with Crippen LogP contribution in [0.4, 0.5) is 8.78 Å². The van der Waals surface area contributed by atoms with Crippen molar-refractivity contribution in [3.05, 3.63) is 70.8 Å². The molecule has 112 valence electrons. The molecule has 0 saturated carbocycles. The van der Waals surface area contributed by atoms with Gasteiger partial charge >= 0.3 is 0 Å². The highest BCUT2D eigenvalue weighted by Crippen LogP contribution is 2.21. The molecule has 0 aromatic heterocycles. The molecule has 0 aliphatic heterocycles. The molecule has 0 aliphatic carbocycles. The van der Waals surface area contributed by atoms with E-state index in [1.54, 1.807) is 0 Å². The van der Waals surface area contributed by atoms with E-state index in [9.17, 15) is 13.9 Å². The minimum absolute atomic E-state index is 0.266. The zero-order valence-electron chi connectivity index (χ0n) is 12.3. The molecular formula is C18H20F2O. The van der Waals surface area contributed by atoms with Gasteiger partial charge in [0.05, 0.1) is 6.10 Å². The Morgan fingerprint density at radius 2 is 1.62 bits per heavy atom. The predicted octanol–water partition coefficient (Wildman–Crippen LogP) is 4.44. The van der Waals surface area contributed by atoms with Crippen LogP contribution in [0.1, 0.15) is 36.6 Å². The first-order valence-corrected chi connectivity index (χ1v) is 7.16. The number of benzene rings is 2. The summed E-state index contributed by atoms with van der Waals surface area (Å²) in [6.07, 6.45) is 0.496. The van der Waals surface area contributed by atoms with Gasteiger partial charge in [0.2, 0.25) is 0 Å². The number of rotatable bonds is 5. The van der Waals surface area contributed by atoms with E-state index in [2.05, 4.69) is 13.8 Å². The third kappa shape index (κ3) is 4.36. The van der Waals surface area contributed by atoms with E-state index in [0.717, 1.165) is 24.1 Å². The average Bonchev–Trinajstić information content (AvgIpc) is 2.42. The van der Waals surface area contributed by atoms with Crippen molar-refractivity contribution in [3.63, 3.8) is 0 Å². The second-order valence-electron chi connectivity index (χ2n) is 5.81. The van der Waals surface area contributed by atoms with Gasteiger partial charge in [-0.25, -0.2) is 8.78 Å². The summed E-state index contributed by atoms with van der Waals surface area (Å²) in [5.74, 6) is -1.20. The Morgan fingerprint density at radius 1 is 0.905 bits per heavy atom. The van der Waals surface area contributed by atoms with E-state index < -0.39 is 17.7 Å². The van der Waals surface area contributed by atoms with Crippen molar-refractivity contribution in [2.45, 2.75) is 32.8 Å². The molecule has 0 amide bonds. The Bertz CT molecular complexity index is 608. The molecule has 0 fully saturated rings. The summed E-state index contributed by atoms with van der Waals surface area (Å²) < 4.78 is 26.1. The fourth-order valence-electron chi connectivity index (χ4n) is 2.41. The lowest BCUT2D eigenvalue weighted by Gasteiger charge is -2.13. The molecule has 0 radical (unpaired) electrons. The van der Waals surface area contributed by atoms with Gasteiger partial charge < -0.3 is 5.11 Å². The van der Waals surface area contributed by atoms with Crippen molar-refractivity contribution in [1.82, 2.24) is 0 Å². The van der Waals surface area contributed by atoms with Gasteiger partial charge in [-0.3, -0.25) is 0 Å². The molecule has 0 bridgehead atoms. The molecule has 3 heteroatoms. The molecule has 0 spiro atoms. The van der Waals surface area contributed by atoms with E-state index >= 15 is 0 Å². The largest absolute Gasteiger partial charge is 0.388 e. The van der Waals surface area contributed by atoms with Crippen LogP contribution in [0, 0.1) is 17.6 Å². The third-order valence-corrected chi connectivity index (χ3v) is 3.39.